The van der Waals surface area contributed by atoms with Crippen molar-refractivity contribution in [2.75, 3.05) is 13.1 Å². The molecular formula is C13H17N. The van der Waals surface area contributed by atoms with E-state index in [1.54, 1.807) is 11.1 Å². The molecule has 1 fully saturated rings. The molecule has 1 heterocycles. The Hall–Kier alpha value is -0.820. The van der Waals surface area contributed by atoms with E-state index in [2.05, 4.69) is 29.6 Å². The van der Waals surface area contributed by atoms with Gasteiger partial charge in [-0.1, -0.05) is 24.3 Å². The first-order valence-corrected chi connectivity index (χ1v) is 5.72. The summed E-state index contributed by atoms with van der Waals surface area (Å²) in [4.78, 5) is 0. The van der Waals surface area contributed by atoms with Crippen LogP contribution in [0.15, 0.2) is 24.3 Å². The van der Waals surface area contributed by atoms with Gasteiger partial charge in [-0.3, -0.25) is 0 Å². The standard InChI is InChI=1S/C13H17N/c1-2-4-13-11(3-1)7-10-8-12(13)5-6-14-9-10/h1-4,10,12,14H,5-9H2. The summed E-state index contributed by atoms with van der Waals surface area (Å²) in [5, 5.41) is 3.55. The third-order valence-corrected chi connectivity index (χ3v) is 3.72. The Labute approximate surface area is 85.5 Å². The van der Waals surface area contributed by atoms with Gasteiger partial charge in [0.1, 0.15) is 0 Å². The van der Waals surface area contributed by atoms with E-state index in [9.17, 15) is 0 Å². The molecule has 2 aliphatic rings. The zero-order chi connectivity index (χ0) is 9.38. The van der Waals surface area contributed by atoms with Crippen LogP contribution in [0.4, 0.5) is 0 Å². The molecule has 1 aliphatic carbocycles. The minimum atomic E-state index is 0.833. The molecule has 1 N–H and O–H groups in total. The van der Waals surface area contributed by atoms with Gasteiger partial charge < -0.3 is 5.32 Å². The zero-order valence-electron chi connectivity index (χ0n) is 8.50. The first-order chi connectivity index (χ1) is 6.93. The van der Waals surface area contributed by atoms with Crippen molar-refractivity contribution < 1.29 is 0 Å². The van der Waals surface area contributed by atoms with Crippen LogP contribution in [0.1, 0.15) is 29.9 Å². The Morgan fingerprint density at radius 3 is 3.14 bits per heavy atom. The number of hydrogen-bond acceptors (Lipinski definition) is 1. The number of hydrogen-bond donors (Lipinski definition) is 1. The maximum Gasteiger partial charge on any atom is -0.00171 e. The van der Waals surface area contributed by atoms with Gasteiger partial charge in [-0.25, -0.2) is 0 Å². The Bertz CT molecular complexity index is 332. The molecule has 1 aromatic carbocycles. The molecule has 1 nitrogen and oxygen atoms in total. The lowest BCUT2D eigenvalue weighted by atomic mass is 9.76. The van der Waals surface area contributed by atoms with E-state index in [4.69, 9.17) is 0 Å². The highest BCUT2D eigenvalue weighted by molar-refractivity contribution is 5.33. The predicted molar refractivity (Wildman–Crippen MR) is 58.5 cm³/mol. The second-order valence-corrected chi connectivity index (χ2v) is 4.69. The smallest absolute Gasteiger partial charge is 0.00171 e. The molecule has 1 aromatic rings. The Balaban J connectivity index is 2.01. The Kier molecular flexibility index (Phi) is 2.06. The highest BCUT2D eigenvalue weighted by Crippen LogP contribution is 2.37. The normalized spacial score (nSPS) is 30.6. The monoisotopic (exact) mass is 187 g/mol. The average molecular weight is 187 g/mol. The molecule has 2 unspecified atom stereocenters. The summed E-state index contributed by atoms with van der Waals surface area (Å²) >= 11 is 0. The van der Waals surface area contributed by atoms with Gasteiger partial charge in [0.05, 0.1) is 0 Å². The highest BCUT2D eigenvalue weighted by Gasteiger charge is 2.27. The van der Waals surface area contributed by atoms with Crippen LogP contribution < -0.4 is 5.32 Å². The van der Waals surface area contributed by atoms with E-state index in [1.807, 2.05) is 0 Å². The number of benzene rings is 1. The SMILES string of the molecule is c1ccc2c(c1)CC1CNCCC2C1. The molecule has 1 aliphatic heterocycles. The minimum Gasteiger partial charge on any atom is -0.316 e. The van der Waals surface area contributed by atoms with Gasteiger partial charge in [0.25, 0.3) is 0 Å². The molecule has 14 heavy (non-hydrogen) atoms. The van der Waals surface area contributed by atoms with Crippen molar-refractivity contribution >= 4 is 0 Å². The molecule has 0 amide bonds. The van der Waals surface area contributed by atoms with Crippen molar-refractivity contribution in [3.8, 4) is 0 Å². The lowest BCUT2D eigenvalue weighted by molar-refractivity contribution is 0.422. The van der Waals surface area contributed by atoms with Crippen molar-refractivity contribution in [1.29, 1.82) is 0 Å². The lowest BCUT2D eigenvalue weighted by Gasteiger charge is -2.28. The quantitative estimate of drug-likeness (QED) is 0.657. The van der Waals surface area contributed by atoms with E-state index in [0.717, 1.165) is 11.8 Å². The molecule has 0 radical (unpaired) electrons. The first-order valence-electron chi connectivity index (χ1n) is 5.72. The predicted octanol–water partition coefficient (Wildman–Crippen LogP) is 2.33. The van der Waals surface area contributed by atoms with Crippen LogP contribution >= 0.6 is 0 Å². The molecule has 2 bridgehead atoms. The second kappa shape index (κ2) is 3.39. The number of fused-ring (bicyclic) bond motifs is 4. The summed E-state index contributed by atoms with van der Waals surface area (Å²) in [6.45, 7) is 2.43. The van der Waals surface area contributed by atoms with Gasteiger partial charge in [-0.05, 0) is 55.3 Å². The topological polar surface area (TPSA) is 12.0 Å². The van der Waals surface area contributed by atoms with Crippen LogP contribution in [0.3, 0.4) is 0 Å². The van der Waals surface area contributed by atoms with Gasteiger partial charge in [0.15, 0.2) is 0 Å². The summed E-state index contributed by atoms with van der Waals surface area (Å²) in [7, 11) is 0. The van der Waals surface area contributed by atoms with Crippen LogP contribution in [-0.2, 0) is 6.42 Å². The first kappa shape index (κ1) is 8.49. The Morgan fingerprint density at radius 1 is 1.21 bits per heavy atom. The zero-order valence-corrected chi connectivity index (χ0v) is 8.50. The maximum atomic E-state index is 3.55. The maximum absolute atomic E-state index is 3.55. The third kappa shape index (κ3) is 1.36. The molecule has 0 saturated carbocycles. The van der Waals surface area contributed by atoms with Crippen molar-refractivity contribution in [1.82, 2.24) is 5.32 Å². The molecule has 0 aromatic heterocycles. The molecular weight excluding hydrogens is 170 g/mol. The van der Waals surface area contributed by atoms with Crippen LogP contribution in [0.2, 0.25) is 0 Å². The average Bonchev–Trinajstić information content (AvgIpc) is 2.41. The second-order valence-electron chi connectivity index (χ2n) is 4.69. The van der Waals surface area contributed by atoms with Crippen LogP contribution in [0.5, 0.6) is 0 Å². The summed E-state index contributed by atoms with van der Waals surface area (Å²) < 4.78 is 0. The van der Waals surface area contributed by atoms with Gasteiger partial charge in [-0.2, -0.15) is 0 Å². The Morgan fingerprint density at radius 2 is 2.14 bits per heavy atom. The molecule has 0 spiro atoms. The van der Waals surface area contributed by atoms with E-state index in [-0.39, 0.29) is 0 Å². The molecule has 2 atom stereocenters. The van der Waals surface area contributed by atoms with Gasteiger partial charge in [0, 0.05) is 0 Å². The summed E-state index contributed by atoms with van der Waals surface area (Å²) in [6.07, 6.45) is 4.03. The molecule has 1 saturated heterocycles. The van der Waals surface area contributed by atoms with Gasteiger partial charge in [-0.15, -0.1) is 0 Å². The fourth-order valence-corrected chi connectivity index (χ4v) is 3.05. The third-order valence-electron chi connectivity index (χ3n) is 3.72. The van der Waals surface area contributed by atoms with Crippen molar-refractivity contribution in [2.24, 2.45) is 5.92 Å². The molecule has 1 heteroatoms. The minimum absolute atomic E-state index is 0.833. The molecule has 3 rings (SSSR count). The van der Waals surface area contributed by atoms with E-state index in [1.165, 1.54) is 32.4 Å². The van der Waals surface area contributed by atoms with Crippen LogP contribution in [0, 0.1) is 5.92 Å². The fourth-order valence-electron chi connectivity index (χ4n) is 3.05. The summed E-state index contributed by atoms with van der Waals surface area (Å²) in [5.74, 6) is 1.72. The summed E-state index contributed by atoms with van der Waals surface area (Å²) in [5.41, 5.74) is 3.24. The van der Waals surface area contributed by atoms with Gasteiger partial charge in [0.2, 0.25) is 0 Å². The number of rotatable bonds is 0. The highest BCUT2D eigenvalue weighted by atomic mass is 14.9. The lowest BCUT2D eigenvalue weighted by Crippen LogP contribution is -2.23. The number of nitrogens with one attached hydrogen (secondary N) is 1. The van der Waals surface area contributed by atoms with E-state index < -0.39 is 0 Å². The van der Waals surface area contributed by atoms with Crippen molar-refractivity contribution in [3.05, 3.63) is 35.4 Å². The van der Waals surface area contributed by atoms with E-state index >= 15 is 0 Å². The van der Waals surface area contributed by atoms with Crippen molar-refractivity contribution in [2.45, 2.75) is 25.2 Å². The largest absolute Gasteiger partial charge is 0.316 e. The molecule has 74 valence electrons. The van der Waals surface area contributed by atoms with E-state index in [0.29, 0.717) is 0 Å². The van der Waals surface area contributed by atoms with Gasteiger partial charge >= 0.3 is 0 Å². The fraction of sp³-hybridized carbons (Fsp3) is 0.538. The van der Waals surface area contributed by atoms with Crippen molar-refractivity contribution in [3.63, 3.8) is 0 Å². The van der Waals surface area contributed by atoms with Crippen LogP contribution in [0.25, 0.3) is 0 Å². The summed E-state index contributed by atoms with van der Waals surface area (Å²) in [6, 6.07) is 9.03. The van der Waals surface area contributed by atoms with Crippen LogP contribution in [-0.4, -0.2) is 13.1 Å².